The molecule has 100 valence electrons. The predicted octanol–water partition coefficient (Wildman–Crippen LogP) is 5.49. The first-order valence-corrected chi connectivity index (χ1v) is 7.58. The van der Waals surface area contributed by atoms with Crippen LogP contribution >= 0.6 is 43.5 Å². The minimum absolute atomic E-state index is 0.630. The van der Waals surface area contributed by atoms with Crippen molar-refractivity contribution in [3.8, 4) is 5.75 Å². The van der Waals surface area contributed by atoms with Crippen LogP contribution in [0, 0.1) is 0 Å². The van der Waals surface area contributed by atoms with Crippen LogP contribution in [-0.2, 0) is 6.54 Å². The van der Waals surface area contributed by atoms with Crippen molar-refractivity contribution in [2.45, 2.75) is 6.54 Å². The lowest BCUT2D eigenvalue weighted by molar-refractivity contribution is 0.407. The molecule has 0 aromatic heterocycles. The van der Waals surface area contributed by atoms with Crippen LogP contribution in [0.25, 0.3) is 0 Å². The molecular formula is C14H12Br2ClNO. The van der Waals surface area contributed by atoms with Gasteiger partial charge in [0.1, 0.15) is 5.75 Å². The quantitative estimate of drug-likeness (QED) is 0.727. The van der Waals surface area contributed by atoms with E-state index < -0.39 is 0 Å². The van der Waals surface area contributed by atoms with Crippen LogP contribution in [0.1, 0.15) is 5.56 Å². The van der Waals surface area contributed by atoms with E-state index >= 15 is 0 Å². The molecule has 19 heavy (non-hydrogen) atoms. The zero-order valence-corrected chi connectivity index (χ0v) is 14.1. The largest absolute Gasteiger partial charge is 0.495 e. The summed E-state index contributed by atoms with van der Waals surface area (Å²) >= 11 is 13.1. The van der Waals surface area contributed by atoms with Crippen LogP contribution in [-0.4, -0.2) is 7.11 Å². The van der Waals surface area contributed by atoms with Gasteiger partial charge in [-0.25, -0.2) is 0 Å². The van der Waals surface area contributed by atoms with E-state index in [0.717, 1.165) is 25.9 Å². The molecule has 0 unspecified atom stereocenters. The topological polar surface area (TPSA) is 21.3 Å². The molecule has 2 rings (SSSR count). The van der Waals surface area contributed by atoms with Crippen molar-refractivity contribution in [3.05, 3.63) is 55.9 Å². The Morgan fingerprint density at radius 3 is 2.63 bits per heavy atom. The van der Waals surface area contributed by atoms with Gasteiger partial charge in [0.15, 0.2) is 0 Å². The number of methoxy groups -OCH3 is 1. The number of benzene rings is 2. The van der Waals surface area contributed by atoms with Crippen molar-refractivity contribution in [3.63, 3.8) is 0 Å². The summed E-state index contributed by atoms with van der Waals surface area (Å²) in [6.45, 7) is 0.630. The maximum atomic E-state index is 6.11. The highest BCUT2D eigenvalue weighted by molar-refractivity contribution is 9.11. The fourth-order valence-corrected chi connectivity index (χ4v) is 3.45. The molecule has 1 N–H and O–H groups in total. The number of anilines is 1. The van der Waals surface area contributed by atoms with Gasteiger partial charge in [0.25, 0.3) is 0 Å². The van der Waals surface area contributed by atoms with Crippen LogP contribution < -0.4 is 10.1 Å². The van der Waals surface area contributed by atoms with E-state index in [4.69, 9.17) is 16.3 Å². The third-order valence-electron chi connectivity index (χ3n) is 2.63. The van der Waals surface area contributed by atoms with Gasteiger partial charge in [-0.3, -0.25) is 0 Å². The zero-order valence-electron chi connectivity index (χ0n) is 10.2. The molecule has 0 atom stereocenters. The van der Waals surface area contributed by atoms with Crippen molar-refractivity contribution in [1.29, 1.82) is 0 Å². The Morgan fingerprint density at radius 2 is 1.95 bits per heavy atom. The maximum Gasteiger partial charge on any atom is 0.138 e. The molecule has 0 fully saturated rings. The van der Waals surface area contributed by atoms with Crippen molar-refractivity contribution in [2.24, 2.45) is 0 Å². The van der Waals surface area contributed by atoms with Crippen LogP contribution in [0.5, 0.6) is 5.75 Å². The van der Waals surface area contributed by atoms with E-state index in [9.17, 15) is 0 Å². The first kappa shape index (κ1) is 14.7. The van der Waals surface area contributed by atoms with Gasteiger partial charge >= 0.3 is 0 Å². The smallest absolute Gasteiger partial charge is 0.138 e. The molecule has 0 saturated heterocycles. The van der Waals surface area contributed by atoms with Crippen LogP contribution in [0.3, 0.4) is 0 Å². The molecule has 0 amide bonds. The van der Waals surface area contributed by atoms with Gasteiger partial charge in [0.05, 0.1) is 22.3 Å². The highest BCUT2D eigenvalue weighted by Gasteiger charge is 2.09. The Bertz CT molecular complexity index is 590. The van der Waals surface area contributed by atoms with E-state index in [1.54, 1.807) is 7.11 Å². The fourth-order valence-electron chi connectivity index (χ4n) is 1.77. The fraction of sp³-hybridized carbons (Fsp3) is 0.143. The summed E-state index contributed by atoms with van der Waals surface area (Å²) < 4.78 is 7.32. The Balaban J connectivity index is 2.22. The van der Waals surface area contributed by atoms with E-state index in [0.29, 0.717) is 11.6 Å². The van der Waals surface area contributed by atoms with Gasteiger partial charge in [-0.05, 0) is 40.2 Å². The number of hydrogen-bond acceptors (Lipinski definition) is 2. The molecule has 5 heteroatoms. The molecule has 0 aliphatic carbocycles. The van der Waals surface area contributed by atoms with Gasteiger partial charge in [-0.2, -0.15) is 0 Å². The first-order valence-electron chi connectivity index (χ1n) is 5.62. The van der Waals surface area contributed by atoms with Crippen LogP contribution in [0.15, 0.2) is 45.3 Å². The molecule has 0 radical (unpaired) electrons. The second-order valence-corrected chi connectivity index (χ2v) is 6.09. The number of rotatable bonds is 4. The van der Waals surface area contributed by atoms with Crippen molar-refractivity contribution in [2.75, 3.05) is 12.4 Å². The van der Waals surface area contributed by atoms with E-state index in [1.165, 1.54) is 0 Å². The molecule has 0 aliphatic heterocycles. The lowest BCUT2D eigenvalue weighted by Gasteiger charge is -2.13. The summed E-state index contributed by atoms with van der Waals surface area (Å²) in [5.41, 5.74) is 1.95. The highest BCUT2D eigenvalue weighted by atomic mass is 79.9. The summed E-state index contributed by atoms with van der Waals surface area (Å²) in [5.74, 6) is 0.822. The number of nitrogens with one attached hydrogen (secondary N) is 1. The molecule has 0 spiro atoms. The molecule has 0 bridgehead atoms. The Kier molecular flexibility index (Phi) is 5.13. The predicted molar refractivity (Wildman–Crippen MR) is 87.2 cm³/mol. The third-order valence-corrected chi connectivity index (χ3v) is 4.01. The van der Waals surface area contributed by atoms with Crippen LogP contribution in [0.4, 0.5) is 5.69 Å². The van der Waals surface area contributed by atoms with Gasteiger partial charge < -0.3 is 10.1 Å². The van der Waals surface area contributed by atoms with E-state index in [1.807, 2.05) is 36.4 Å². The molecular weight excluding hydrogens is 393 g/mol. The highest BCUT2D eigenvalue weighted by Crippen LogP contribution is 2.33. The summed E-state index contributed by atoms with van der Waals surface area (Å²) in [4.78, 5) is 0. The molecule has 0 aliphatic rings. The lowest BCUT2D eigenvalue weighted by atomic mass is 10.2. The molecule has 2 aromatic carbocycles. The number of ether oxygens (including phenoxy) is 1. The van der Waals surface area contributed by atoms with Gasteiger partial charge in [0, 0.05) is 16.6 Å². The molecule has 2 nitrogen and oxygen atoms in total. The van der Waals surface area contributed by atoms with Gasteiger partial charge in [-0.15, -0.1) is 0 Å². The Hall–Kier alpha value is -0.710. The maximum absolute atomic E-state index is 6.11. The van der Waals surface area contributed by atoms with Crippen molar-refractivity contribution < 1.29 is 4.74 Å². The standard InChI is InChI=1S/C14H12Br2ClNO/c1-19-14-9(6-10(15)7-11(14)16)8-18-13-5-3-2-4-12(13)17/h2-7,18H,8H2,1H3. The van der Waals surface area contributed by atoms with Crippen molar-refractivity contribution in [1.82, 2.24) is 0 Å². The average Bonchev–Trinajstić information content (AvgIpc) is 2.37. The molecule has 0 saturated carbocycles. The summed E-state index contributed by atoms with van der Waals surface area (Å²) in [6, 6.07) is 11.6. The van der Waals surface area contributed by atoms with Crippen molar-refractivity contribution >= 4 is 49.1 Å². The summed E-state index contributed by atoms with van der Waals surface area (Å²) in [7, 11) is 1.66. The van der Waals surface area contributed by atoms with Crippen LogP contribution in [0.2, 0.25) is 5.02 Å². The minimum atomic E-state index is 0.630. The Morgan fingerprint density at radius 1 is 1.21 bits per heavy atom. The minimum Gasteiger partial charge on any atom is -0.495 e. The number of para-hydroxylation sites is 1. The van der Waals surface area contributed by atoms with E-state index in [2.05, 4.69) is 37.2 Å². The number of hydrogen-bond donors (Lipinski definition) is 1. The second-order valence-electron chi connectivity index (χ2n) is 3.91. The zero-order chi connectivity index (χ0) is 13.8. The van der Waals surface area contributed by atoms with Gasteiger partial charge in [0.2, 0.25) is 0 Å². The second kappa shape index (κ2) is 6.64. The summed E-state index contributed by atoms with van der Waals surface area (Å²) in [6.07, 6.45) is 0. The summed E-state index contributed by atoms with van der Waals surface area (Å²) in [5, 5.41) is 4.01. The lowest BCUT2D eigenvalue weighted by Crippen LogP contribution is -2.02. The first-order chi connectivity index (χ1) is 9.11. The molecule has 0 heterocycles. The third kappa shape index (κ3) is 3.65. The normalized spacial score (nSPS) is 10.3. The number of halogens is 3. The van der Waals surface area contributed by atoms with Gasteiger partial charge in [-0.1, -0.05) is 39.7 Å². The monoisotopic (exact) mass is 403 g/mol. The average molecular weight is 406 g/mol. The van der Waals surface area contributed by atoms with E-state index in [-0.39, 0.29) is 0 Å². The Labute approximate surface area is 134 Å². The molecule has 2 aromatic rings. The SMILES string of the molecule is COc1c(Br)cc(Br)cc1CNc1ccccc1Cl.